The number of nitrogens with one attached hydrogen (secondary N) is 1. The highest BCUT2D eigenvalue weighted by Crippen LogP contribution is 2.13. The molecular formula is C15H26N4. The Morgan fingerprint density at radius 2 is 2.05 bits per heavy atom. The van der Waals surface area contributed by atoms with Crippen molar-refractivity contribution < 1.29 is 0 Å². The summed E-state index contributed by atoms with van der Waals surface area (Å²) >= 11 is 0. The molecule has 19 heavy (non-hydrogen) atoms. The van der Waals surface area contributed by atoms with Crippen LogP contribution in [0.5, 0.6) is 0 Å². The second-order valence-electron chi connectivity index (χ2n) is 5.37. The van der Waals surface area contributed by atoms with Gasteiger partial charge in [0.15, 0.2) is 0 Å². The summed E-state index contributed by atoms with van der Waals surface area (Å²) in [5.74, 6) is 0.954. The van der Waals surface area contributed by atoms with Gasteiger partial charge in [-0.25, -0.2) is 4.98 Å². The largest absolute Gasteiger partial charge is 0.373 e. The van der Waals surface area contributed by atoms with Gasteiger partial charge in [0.05, 0.1) is 0 Å². The molecule has 2 rings (SSSR count). The van der Waals surface area contributed by atoms with Crippen molar-refractivity contribution >= 4 is 5.82 Å². The fraction of sp³-hybridized carbons (Fsp3) is 0.667. The average Bonchev–Trinajstić information content (AvgIpc) is 2.47. The van der Waals surface area contributed by atoms with Crippen molar-refractivity contribution in [1.29, 1.82) is 0 Å². The smallest absolute Gasteiger partial charge is 0.125 e. The quantitative estimate of drug-likeness (QED) is 0.880. The number of piperazine rings is 1. The van der Waals surface area contributed by atoms with Gasteiger partial charge in [0, 0.05) is 52.0 Å². The molecule has 0 amide bonds. The molecule has 1 N–H and O–H groups in total. The highest BCUT2D eigenvalue weighted by molar-refractivity contribution is 5.36. The molecule has 0 radical (unpaired) electrons. The zero-order chi connectivity index (χ0) is 13.7. The summed E-state index contributed by atoms with van der Waals surface area (Å²) in [7, 11) is 1.91. The normalized spacial score (nSPS) is 19.3. The zero-order valence-corrected chi connectivity index (χ0v) is 12.4. The molecule has 0 bridgehead atoms. The Labute approximate surface area is 116 Å². The number of hydrogen-bond acceptors (Lipinski definition) is 4. The molecule has 2 heterocycles. The predicted octanol–water partition coefficient (Wildman–Crippen LogP) is 2.04. The van der Waals surface area contributed by atoms with Crippen molar-refractivity contribution in [2.45, 2.75) is 32.9 Å². The van der Waals surface area contributed by atoms with E-state index in [9.17, 15) is 0 Å². The van der Waals surface area contributed by atoms with E-state index in [2.05, 4.69) is 46.1 Å². The average molecular weight is 262 g/mol. The molecule has 0 aromatic carbocycles. The molecule has 4 nitrogen and oxygen atoms in total. The van der Waals surface area contributed by atoms with E-state index >= 15 is 0 Å². The van der Waals surface area contributed by atoms with Gasteiger partial charge in [0.25, 0.3) is 0 Å². The van der Waals surface area contributed by atoms with E-state index in [0.29, 0.717) is 0 Å². The van der Waals surface area contributed by atoms with Crippen molar-refractivity contribution in [3.05, 3.63) is 23.9 Å². The van der Waals surface area contributed by atoms with Gasteiger partial charge in [-0.3, -0.25) is 9.80 Å². The summed E-state index contributed by atoms with van der Waals surface area (Å²) in [4.78, 5) is 9.39. The second kappa shape index (κ2) is 6.87. The van der Waals surface area contributed by atoms with Crippen LogP contribution in [0.3, 0.4) is 0 Å². The number of aromatic nitrogens is 1. The first-order valence-electron chi connectivity index (χ1n) is 7.32. The van der Waals surface area contributed by atoms with Gasteiger partial charge < -0.3 is 5.32 Å². The van der Waals surface area contributed by atoms with E-state index in [1.807, 2.05) is 13.2 Å². The predicted molar refractivity (Wildman–Crippen MR) is 80.4 cm³/mol. The van der Waals surface area contributed by atoms with E-state index in [1.54, 1.807) is 0 Å². The van der Waals surface area contributed by atoms with Crippen LogP contribution in [0.4, 0.5) is 5.82 Å². The maximum atomic E-state index is 4.26. The molecule has 0 spiro atoms. The maximum Gasteiger partial charge on any atom is 0.125 e. The Balaban J connectivity index is 1.85. The lowest BCUT2D eigenvalue weighted by Gasteiger charge is -2.37. The molecule has 1 aromatic heterocycles. The molecule has 1 aromatic rings. The molecule has 4 heteroatoms. The Bertz CT molecular complexity index is 385. The standard InChI is InChI=1S/C15H26N4/c1-4-13(2)19-9-7-18(8-10-19)12-14-5-6-17-15(11-14)16-3/h5-6,11,13H,4,7-10,12H2,1-3H3,(H,16,17). The third-order valence-electron chi connectivity index (χ3n) is 4.11. The molecule has 1 aliphatic heterocycles. The SMILES string of the molecule is CCC(C)N1CCN(Cc2ccnc(NC)c2)CC1. The van der Waals surface area contributed by atoms with Gasteiger partial charge in [0.1, 0.15) is 5.82 Å². The van der Waals surface area contributed by atoms with E-state index in [0.717, 1.165) is 18.4 Å². The molecule has 1 fully saturated rings. The molecule has 1 atom stereocenters. The molecule has 0 aliphatic carbocycles. The van der Waals surface area contributed by atoms with Gasteiger partial charge in [-0.2, -0.15) is 0 Å². The monoisotopic (exact) mass is 262 g/mol. The maximum absolute atomic E-state index is 4.26. The number of hydrogen-bond donors (Lipinski definition) is 1. The van der Waals surface area contributed by atoms with Crippen molar-refractivity contribution in [2.75, 3.05) is 38.5 Å². The minimum Gasteiger partial charge on any atom is -0.373 e. The van der Waals surface area contributed by atoms with Gasteiger partial charge >= 0.3 is 0 Å². The first-order chi connectivity index (χ1) is 9.22. The second-order valence-corrected chi connectivity index (χ2v) is 5.37. The Hall–Kier alpha value is -1.13. The minimum atomic E-state index is 0.721. The molecular weight excluding hydrogens is 236 g/mol. The summed E-state index contributed by atoms with van der Waals surface area (Å²) in [5.41, 5.74) is 1.34. The number of nitrogens with zero attached hydrogens (tertiary/aromatic N) is 3. The lowest BCUT2D eigenvalue weighted by atomic mass is 10.1. The van der Waals surface area contributed by atoms with Crippen LogP contribution in [-0.4, -0.2) is 54.1 Å². The fourth-order valence-electron chi connectivity index (χ4n) is 2.59. The number of rotatable bonds is 5. The highest BCUT2D eigenvalue weighted by Gasteiger charge is 2.19. The van der Waals surface area contributed by atoms with Crippen LogP contribution in [0, 0.1) is 0 Å². The first-order valence-corrected chi connectivity index (χ1v) is 7.32. The summed E-state index contributed by atoms with van der Waals surface area (Å²) in [6, 6.07) is 4.97. The van der Waals surface area contributed by atoms with Crippen LogP contribution in [0.25, 0.3) is 0 Å². The van der Waals surface area contributed by atoms with E-state index in [-0.39, 0.29) is 0 Å². The van der Waals surface area contributed by atoms with Crippen LogP contribution < -0.4 is 5.32 Å². The molecule has 1 saturated heterocycles. The highest BCUT2D eigenvalue weighted by atomic mass is 15.3. The lowest BCUT2D eigenvalue weighted by molar-refractivity contribution is 0.0964. The topological polar surface area (TPSA) is 31.4 Å². The minimum absolute atomic E-state index is 0.721. The van der Waals surface area contributed by atoms with Gasteiger partial charge in [-0.05, 0) is 31.0 Å². The van der Waals surface area contributed by atoms with Crippen molar-refractivity contribution in [3.8, 4) is 0 Å². The van der Waals surface area contributed by atoms with Gasteiger partial charge in [-0.1, -0.05) is 6.92 Å². The van der Waals surface area contributed by atoms with Gasteiger partial charge in [-0.15, -0.1) is 0 Å². The zero-order valence-electron chi connectivity index (χ0n) is 12.4. The number of pyridine rings is 1. The van der Waals surface area contributed by atoms with E-state index < -0.39 is 0 Å². The van der Waals surface area contributed by atoms with Crippen LogP contribution in [-0.2, 0) is 6.54 Å². The van der Waals surface area contributed by atoms with Crippen LogP contribution in [0.2, 0.25) is 0 Å². The van der Waals surface area contributed by atoms with Crippen LogP contribution >= 0.6 is 0 Å². The summed E-state index contributed by atoms with van der Waals surface area (Å²) in [6.07, 6.45) is 3.13. The van der Waals surface area contributed by atoms with E-state index in [4.69, 9.17) is 0 Å². The molecule has 106 valence electrons. The van der Waals surface area contributed by atoms with Crippen LogP contribution in [0.15, 0.2) is 18.3 Å². The van der Waals surface area contributed by atoms with E-state index in [1.165, 1.54) is 38.2 Å². The summed E-state index contributed by atoms with van der Waals surface area (Å²) in [6.45, 7) is 10.4. The Morgan fingerprint density at radius 1 is 1.32 bits per heavy atom. The van der Waals surface area contributed by atoms with Crippen molar-refractivity contribution in [3.63, 3.8) is 0 Å². The molecule has 0 saturated carbocycles. The summed E-state index contributed by atoms with van der Waals surface area (Å²) < 4.78 is 0. The van der Waals surface area contributed by atoms with Crippen molar-refractivity contribution in [2.24, 2.45) is 0 Å². The van der Waals surface area contributed by atoms with Crippen molar-refractivity contribution in [1.82, 2.24) is 14.8 Å². The number of anilines is 1. The first kappa shape index (κ1) is 14.3. The molecule has 1 aliphatic rings. The lowest BCUT2D eigenvalue weighted by Crippen LogP contribution is -2.48. The van der Waals surface area contributed by atoms with Gasteiger partial charge in [0.2, 0.25) is 0 Å². The molecule has 1 unspecified atom stereocenters. The summed E-state index contributed by atoms with van der Waals surface area (Å²) in [5, 5.41) is 3.10. The van der Waals surface area contributed by atoms with Crippen LogP contribution in [0.1, 0.15) is 25.8 Å². The Kier molecular flexibility index (Phi) is 5.16. The Morgan fingerprint density at radius 3 is 2.68 bits per heavy atom. The third kappa shape index (κ3) is 3.91. The third-order valence-corrected chi connectivity index (χ3v) is 4.11. The fourth-order valence-corrected chi connectivity index (χ4v) is 2.59.